The molecule has 1 aromatic rings. The Morgan fingerprint density at radius 2 is 2.00 bits per heavy atom. The van der Waals surface area contributed by atoms with E-state index in [1.54, 1.807) is 6.92 Å². The molecule has 18 heavy (non-hydrogen) atoms. The molecule has 1 aromatic carbocycles. The first-order valence-electron chi connectivity index (χ1n) is 5.31. The monoisotopic (exact) mass is 262 g/mol. The molecular weight excluding hydrogens is 249 g/mol. The molecule has 6 heteroatoms. The summed E-state index contributed by atoms with van der Waals surface area (Å²) < 4.78 is 47.3. The molecule has 0 N–H and O–H groups in total. The lowest BCUT2D eigenvalue weighted by Gasteiger charge is -2.12. The highest BCUT2D eigenvalue weighted by Gasteiger charge is 2.32. The van der Waals surface area contributed by atoms with Crippen molar-refractivity contribution >= 4 is 5.97 Å². The third-order valence-electron chi connectivity index (χ3n) is 2.18. The van der Waals surface area contributed by atoms with E-state index < -0.39 is 24.3 Å². The second-order valence-corrected chi connectivity index (χ2v) is 3.57. The maximum absolute atomic E-state index is 12.6. The summed E-state index contributed by atoms with van der Waals surface area (Å²) in [6.07, 6.45) is -4.44. The van der Waals surface area contributed by atoms with Gasteiger partial charge in [0, 0.05) is 0 Å². The number of carbonyl (C=O) groups is 1. The van der Waals surface area contributed by atoms with Gasteiger partial charge in [-0.1, -0.05) is 6.07 Å². The fourth-order valence-corrected chi connectivity index (χ4v) is 1.34. The van der Waals surface area contributed by atoms with Crippen LogP contribution in [0.2, 0.25) is 0 Å². The number of benzene rings is 1. The van der Waals surface area contributed by atoms with E-state index in [0.29, 0.717) is 0 Å². The normalized spacial score (nSPS) is 11.2. The summed E-state index contributed by atoms with van der Waals surface area (Å²) in [6, 6.07) is 3.54. The fourth-order valence-electron chi connectivity index (χ4n) is 1.34. The number of rotatable bonds is 4. The molecule has 0 atom stereocenters. The van der Waals surface area contributed by atoms with Crippen molar-refractivity contribution in [2.45, 2.75) is 20.0 Å². The first-order valence-corrected chi connectivity index (χ1v) is 5.31. The van der Waals surface area contributed by atoms with Gasteiger partial charge >= 0.3 is 12.1 Å². The van der Waals surface area contributed by atoms with E-state index in [2.05, 4.69) is 4.74 Å². The summed E-state index contributed by atoms with van der Waals surface area (Å²) in [7, 11) is 0. The van der Waals surface area contributed by atoms with Gasteiger partial charge in [0.25, 0.3) is 0 Å². The van der Waals surface area contributed by atoms with E-state index in [0.717, 1.165) is 6.07 Å². The van der Waals surface area contributed by atoms with Crippen LogP contribution in [-0.2, 0) is 15.7 Å². The molecule has 0 heterocycles. The molecular formula is C12H13F3O3. The lowest BCUT2D eigenvalue weighted by atomic mass is 10.1. The zero-order valence-corrected chi connectivity index (χ0v) is 10.0. The smallest absolute Gasteiger partial charge is 0.416 e. The van der Waals surface area contributed by atoms with Crippen molar-refractivity contribution in [1.82, 2.24) is 0 Å². The number of esters is 1. The molecule has 3 nitrogen and oxygen atoms in total. The second kappa shape index (κ2) is 5.75. The van der Waals surface area contributed by atoms with Gasteiger partial charge < -0.3 is 9.47 Å². The van der Waals surface area contributed by atoms with E-state index in [1.165, 1.54) is 19.1 Å². The van der Waals surface area contributed by atoms with Crippen LogP contribution in [0.1, 0.15) is 18.1 Å². The largest absolute Gasteiger partial charge is 0.482 e. The Kier molecular flexibility index (Phi) is 4.58. The van der Waals surface area contributed by atoms with Crippen molar-refractivity contribution in [2.75, 3.05) is 13.2 Å². The number of ether oxygens (including phenoxy) is 2. The second-order valence-electron chi connectivity index (χ2n) is 3.57. The van der Waals surface area contributed by atoms with Gasteiger partial charge in [-0.2, -0.15) is 13.2 Å². The number of alkyl halides is 3. The summed E-state index contributed by atoms with van der Waals surface area (Å²) >= 11 is 0. The van der Waals surface area contributed by atoms with E-state index >= 15 is 0 Å². The summed E-state index contributed by atoms with van der Waals surface area (Å²) in [4.78, 5) is 11.0. The molecule has 100 valence electrons. The van der Waals surface area contributed by atoms with Crippen LogP contribution in [0.25, 0.3) is 0 Å². The van der Waals surface area contributed by atoms with Gasteiger partial charge in [0.05, 0.1) is 12.2 Å². The molecule has 0 bridgehead atoms. The van der Waals surface area contributed by atoms with E-state index in [1.807, 2.05) is 0 Å². The zero-order valence-electron chi connectivity index (χ0n) is 10.0. The number of hydrogen-bond donors (Lipinski definition) is 0. The Morgan fingerprint density at radius 3 is 2.56 bits per heavy atom. The first kappa shape index (κ1) is 14.3. The number of aryl methyl sites for hydroxylation is 1. The van der Waals surface area contributed by atoms with Gasteiger partial charge in [0.15, 0.2) is 6.61 Å². The number of hydrogen-bond acceptors (Lipinski definition) is 3. The third-order valence-corrected chi connectivity index (χ3v) is 2.18. The highest BCUT2D eigenvalue weighted by molar-refractivity contribution is 5.71. The molecule has 0 aliphatic rings. The predicted octanol–water partition coefficient (Wildman–Crippen LogP) is 2.96. The zero-order chi connectivity index (χ0) is 13.8. The van der Waals surface area contributed by atoms with Crippen LogP contribution < -0.4 is 4.74 Å². The lowest BCUT2D eigenvalue weighted by Crippen LogP contribution is -2.15. The minimum atomic E-state index is -4.44. The maximum Gasteiger partial charge on any atom is 0.416 e. The molecule has 1 rings (SSSR count). The number of carbonyl (C=O) groups excluding carboxylic acids is 1. The van der Waals surface area contributed by atoms with Crippen molar-refractivity contribution < 1.29 is 27.4 Å². The summed E-state index contributed by atoms with van der Waals surface area (Å²) in [5, 5.41) is 0. The molecule has 0 aliphatic heterocycles. The fraction of sp³-hybridized carbons (Fsp3) is 0.417. The Morgan fingerprint density at radius 1 is 1.33 bits per heavy atom. The van der Waals surface area contributed by atoms with Crippen molar-refractivity contribution in [2.24, 2.45) is 0 Å². The molecule has 0 aromatic heterocycles. The van der Waals surface area contributed by atoms with E-state index in [-0.39, 0.29) is 17.9 Å². The predicted molar refractivity (Wildman–Crippen MR) is 58.3 cm³/mol. The molecule has 0 spiro atoms. The Balaban J connectivity index is 2.77. The van der Waals surface area contributed by atoms with Crippen molar-refractivity contribution in [3.63, 3.8) is 0 Å². The van der Waals surface area contributed by atoms with Crippen LogP contribution in [0.15, 0.2) is 18.2 Å². The summed E-state index contributed by atoms with van der Waals surface area (Å²) in [5.74, 6) is -0.632. The summed E-state index contributed by atoms with van der Waals surface area (Å²) in [6.45, 7) is 2.78. The van der Waals surface area contributed by atoms with Crippen LogP contribution in [0.3, 0.4) is 0 Å². The van der Waals surface area contributed by atoms with Gasteiger partial charge in [-0.25, -0.2) is 4.79 Å². The van der Waals surface area contributed by atoms with Gasteiger partial charge in [-0.15, -0.1) is 0 Å². The third kappa shape index (κ3) is 3.94. The minimum Gasteiger partial charge on any atom is -0.482 e. The van der Waals surface area contributed by atoms with Gasteiger partial charge in [0.2, 0.25) is 0 Å². The summed E-state index contributed by atoms with van der Waals surface area (Å²) in [5.41, 5.74) is -0.671. The van der Waals surface area contributed by atoms with Crippen molar-refractivity contribution in [1.29, 1.82) is 0 Å². The molecule has 0 radical (unpaired) electrons. The van der Waals surface area contributed by atoms with Crippen molar-refractivity contribution in [3.8, 4) is 5.75 Å². The standard InChI is InChI=1S/C12H13F3O3/c1-3-17-11(16)7-18-9-5-4-8(2)10(6-9)12(13,14)15/h4-6H,3,7H2,1-2H3. The molecule has 0 unspecified atom stereocenters. The maximum atomic E-state index is 12.6. The van der Waals surface area contributed by atoms with Crippen molar-refractivity contribution in [3.05, 3.63) is 29.3 Å². The van der Waals surface area contributed by atoms with E-state index in [4.69, 9.17) is 4.74 Å². The molecule has 0 saturated carbocycles. The minimum absolute atomic E-state index is 0.0130. The van der Waals surface area contributed by atoms with Crippen LogP contribution in [-0.4, -0.2) is 19.2 Å². The van der Waals surface area contributed by atoms with Gasteiger partial charge in [-0.3, -0.25) is 0 Å². The lowest BCUT2D eigenvalue weighted by molar-refractivity contribution is -0.145. The average Bonchev–Trinajstić information content (AvgIpc) is 2.27. The first-order chi connectivity index (χ1) is 8.34. The van der Waals surface area contributed by atoms with Crippen LogP contribution >= 0.6 is 0 Å². The number of halogens is 3. The van der Waals surface area contributed by atoms with Gasteiger partial charge in [0.1, 0.15) is 5.75 Å². The molecule has 0 fully saturated rings. The highest BCUT2D eigenvalue weighted by atomic mass is 19.4. The topological polar surface area (TPSA) is 35.5 Å². The van der Waals surface area contributed by atoms with E-state index in [9.17, 15) is 18.0 Å². The van der Waals surface area contributed by atoms with Crippen LogP contribution in [0, 0.1) is 6.92 Å². The Labute approximate surface area is 103 Å². The van der Waals surface area contributed by atoms with Crippen LogP contribution in [0.5, 0.6) is 5.75 Å². The Bertz CT molecular complexity index is 427. The van der Waals surface area contributed by atoms with Gasteiger partial charge in [-0.05, 0) is 31.5 Å². The SMILES string of the molecule is CCOC(=O)COc1ccc(C)c(C(F)(F)F)c1. The van der Waals surface area contributed by atoms with Crippen LogP contribution in [0.4, 0.5) is 13.2 Å². The molecule has 0 amide bonds. The highest BCUT2D eigenvalue weighted by Crippen LogP contribution is 2.33. The average molecular weight is 262 g/mol. The quantitative estimate of drug-likeness (QED) is 0.782. The molecule has 0 saturated heterocycles. The Hall–Kier alpha value is -1.72. The molecule has 0 aliphatic carbocycles.